The van der Waals surface area contributed by atoms with Crippen LogP contribution in [0.1, 0.15) is 63.9 Å². The number of unbranched alkanes of at least 4 members (excludes halogenated alkanes) is 3. The van der Waals surface area contributed by atoms with Gasteiger partial charge in [0.15, 0.2) is 5.96 Å². The van der Waals surface area contributed by atoms with Crippen molar-refractivity contribution in [3.63, 3.8) is 0 Å². The number of guanidine groups is 1. The van der Waals surface area contributed by atoms with E-state index in [4.69, 9.17) is 5.73 Å². The van der Waals surface area contributed by atoms with Gasteiger partial charge in [-0.05, 0) is 42.9 Å². The van der Waals surface area contributed by atoms with Crippen LogP contribution in [0.25, 0.3) is 0 Å². The maximum atomic E-state index is 11.0. The molecule has 0 heterocycles. The SMILES string of the molecule is CCC(C)c1ccc(NC(N)=NCCCCCCC(=O)OC)cc1.I. The van der Waals surface area contributed by atoms with Crippen molar-refractivity contribution in [1.29, 1.82) is 0 Å². The number of anilines is 1. The van der Waals surface area contributed by atoms with Crippen molar-refractivity contribution in [2.24, 2.45) is 10.7 Å². The summed E-state index contributed by atoms with van der Waals surface area (Å²) in [6, 6.07) is 8.34. The molecule has 1 rings (SSSR count). The van der Waals surface area contributed by atoms with Crippen LogP contribution in [-0.2, 0) is 9.53 Å². The molecular weight excluding hydrogens is 429 g/mol. The van der Waals surface area contributed by atoms with Gasteiger partial charge in [-0.25, -0.2) is 0 Å². The Morgan fingerprint density at radius 2 is 1.84 bits per heavy atom. The van der Waals surface area contributed by atoms with E-state index >= 15 is 0 Å². The second-order valence-electron chi connectivity index (χ2n) is 6.06. The van der Waals surface area contributed by atoms with Gasteiger partial charge in [-0.15, -0.1) is 24.0 Å². The molecule has 0 saturated carbocycles. The Morgan fingerprint density at radius 1 is 1.20 bits per heavy atom. The van der Waals surface area contributed by atoms with Gasteiger partial charge in [0.2, 0.25) is 0 Å². The third-order valence-electron chi connectivity index (χ3n) is 4.16. The number of halogens is 1. The molecule has 0 fully saturated rings. The predicted octanol–water partition coefficient (Wildman–Crippen LogP) is 4.67. The molecule has 0 aliphatic rings. The lowest BCUT2D eigenvalue weighted by atomic mass is 9.99. The fourth-order valence-electron chi connectivity index (χ4n) is 2.35. The van der Waals surface area contributed by atoms with Crippen molar-refractivity contribution >= 4 is 41.6 Å². The lowest BCUT2D eigenvalue weighted by Gasteiger charge is -2.10. The number of hydrogen-bond acceptors (Lipinski definition) is 3. The van der Waals surface area contributed by atoms with E-state index in [9.17, 15) is 4.79 Å². The van der Waals surface area contributed by atoms with E-state index < -0.39 is 0 Å². The van der Waals surface area contributed by atoms with E-state index in [1.165, 1.54) is 12.7 Å². The van der Waals surface area contributed by atoms with Crippen LogP contribution in [0.3, 0.4) is 0 Å². The summed E-state index contributed by atoms with van der Waals surface area (Å²) in [6.45, 7) is 5.11. The second kappa shape index (κ2) is 13.9. The Bertz CT molecular complexity index is 518. The number of ether oxygens (including phenoxy) is 1. The van der Waals surface area contributed by atoms with Crippen molar-refractivity contribution in [3.8, 4) is 0 Å². The van der Waals surface area contributed by atoms with Crippen molar-refractivity contribution in [2.75, 3.05) is 19.0 Å². The second-order valence-corrected chi connectivity index (χ2v) is 6.06. The number of nitrogens with zero attached hydrogens (tertiary/aromatic N) is 1. The summed E-state index contributed by atoms with van der Waals surface area (Å²) in [4.78, 5) is 15.3. The molecule has 0 radical (unpaired) electrons. The summed E-state index contributed by atoms with van der Waals surface area (Å²) < 4.78 is 4.61. The number of benzene rings is 1. The molecule has 1 unspecified atom stereocenters. The Labute approximate surface area is 168 Å². The molecule has 5 nitrogen and oxygen atoms in total. The van der Waals surface area contributed by atoms with E-state index in [1.807, 2.05) is 12.1 Å². The summed E-state index contributed by atoms with van der Waals surface area (Å²) in [6.07, 6.45) is 5.52. The maximum Gasteiger partial charge on any atom is 0.305 e. The number of nitrogens with two attached hydrogens (primary N) is 1. The summed E-state index contributed by atoms with van der Waals surface area (Å²) >= 11 is 0. The number of nitrogens with one attached hydrogen (secondary N) is 1. The van der Waals surface area contributed by atoms with Crippen LogP contribution in [-0.4, -0.2) is 25.6 Å². The van der Waals surface area contributed by atoms with Crippen LogP contribution in [0.2, 0.25) is 0 Å². The quantitative estimate of drug-likeness (QED) is 0.175. The lowest BCUT2D eigenvalue weighted by molar-refractivity contribution is -0.140. The van der Waals surface area contributed by atoms with Gasteiger partial charge in [0.25, 0.3) is 0 Å². The highest BCUT2D eigenvalue weighted by molar-refractivity contribution is 14.0. The maximum absolute atomic E-state index is 11.0. The van der Waals surface area contributed by atoms with Gasteiger partial charge in [-0.1, -0.05) is 38.8 Å². The molecule has 0 aromatic heterocycles. The number of aliphatic imine (C=N–C) groups is 1. The van der Waals surface area contributed by atoms with Crippen molar-refractivity contribution in [1.82, 2.24) is 0 Å². The summed E-state index contributed by atoms with van der Waals surface area (Å²) in [5.41, 5.74) is 8.20. The Morgan fingerprint density at radius 3 is 2.44 bits per heavy atom. The Balaban J connectivity index is 0.00000576. The average molecular weight is 461 g/mol. The number of methoxy groups -OCH3 is 1. The molecule has 1 atom stereocenters. The Hall–Kier alpha value is -1.31. The molecule has 1 aromatic rings. The zero-order valence-corrected chi connectivity index (χ0v) is 17.9. The molecule has 0 amide bonds. The molecule has 3 N–H and O–H groups in total. The normalized spacial score (nSPS) is 12.2. The molecule has 1 aromatic carbocycles. The third kappa shape index (κ3) is 10.3. The summed E-state index contributed by atoms with van der Waals surface area (Å²) in [5.74, 6) is 0.880. The number of esters is 1. The third-order valence-corrected chi connectivity index (χ3v) is 4.16. The molecular formula is C19H32IN3O2. The highest BCUT2D eigenvalue weighted by atomic mass is 127. The molecule has 0 spiro atoms. The monoisotopic (exact) mass is 461 g/mol. The van der Waals surface area contributed by atoms with Crippen LogP contribution in [0.15, 0.2) is 29.3 Å². The highest BCUT2D eigenvalue weighted by Gasteiger charge is 2.03. The zero-order chi connectivity index (χ0) is 17.8. The van der Waals surface area contributed by atoms with Crippen LogP contribution >= 0.6 is 24.0 Å². The molecule has 0 bridgehead atoms. The first kappa shape index (κ1) is 23.7. The van der Waals surface area contributed by atoms with Gasteiger partial charge in [0.05, 0.1) is 7.11 Å². The first-order valence-corrected chi connectivity index (χ1v) is 8.80. The van der Waals surface area contributed by atoms with E-state index in [2.05, 4.69) is 41.0 Å². The van der Waals surface area contributed by atoms with Gasteiger partial charge >= 0.3 is 5.97 Å². The fourth-order valence-corrected chi connectivity index (χ4v) is 2.35. The molecule has 142 valence electrons. The van der Waals surface area contributed by atoms with Crippen LogP contribution in [0.5, 0.6) is 0 Å². The van der Waals surface area contributed by atoms with E-state index in [-0.39, 0.29) is 29.9 Å². The largest absolute Gasteiger partial charge is 0.469 e. The summed E-state index contributed by atoms with van der Waals surface area (Å²) in [5, 5.41) is 3.12. The van der Waals surface area contributed by atoms with Crippen LogP contribution in [0.4, 0.5) is 5.69 Å². The van der Waals surface area contributed by atoms with Gasteiger partial charge < -0.3 is 15.8 Å². The molecule has 0 saturated heterocycles. The van der Waals surface area contributed by atoms with E-state index in [0.717, 1.165) is 37.8 Å². The van der Waals surface area contributed by atoms with Crippen LogP contribution < -0.4 is 11.1 Å². The van der Waals surface area contributed by atoms with Crippen molar-refractivity contribution < 1.29 is 9.53 Å². The fraction of sp³-hybridized carbons (Fsp3) is 0.579. The lowest BCUT2D eigenvalue weighted by Crippen LogP contribution is -2.22. The molecule has 6 heteroatoms. The van der Waals surface area contributed by atoms with Gasteiger partial charge in [-0.3, -0.25) is 9.79 Å². The number of carbonyl (C=O) groups excluding carboxylic acids is 1. The summed E-state index contributed by atoms with van der Waals surface area (Å²) in [7, 11) is 1.42. The number of rotatable bonds is 10. The van der Waals surface area contributed by atoms with Crippen LogP contribution in [0, 0.1) is 0 Å². The van der Waals surface area contributed by atoms with E-state index in [1.54, 1.807) is 0 Å². The zero-order valence-electron chi connectivity index (χ0n) is 15.6. The smallest absolute Gasteiger partial charge is 0.305 e. The van der Waals surface area contributed by atoms with Gasteiger partial charge in [-0.2, -0.15) is 0 Å². The Kier molecular flexibility index (Phi) is 13.2. The standard InChI is InChI=1S/C19H31N3O2.HI/c1-4-15(2)16-10-12-17(13-11-16)22-19(20)21-14-8-6-5-7-9-18(23)24-3;/h10-13,15H,4-9,14H2,1-3H3,(H3,20,21,22);1H. The predicted molar refractivity (Wildman–Crippen MR) is 116 cm³/mol. The van der Waals surface area contributed by atoms with Gasteiger partial charge in [0, 0.05) is 18.7 Å². The molecule has 0 aliphatic carbocycles. The number of carbonyl (C=O) groups is 1. The van der Waals surface area contributed by atoms with E-state index in [0.29, 0.717) is 24.8 Å². The van der Waals surface area contributed by atoms with Crippen molar-refractivity contribution in [3.05, 3.63) is 29.8 Å². The number of hydrogen-bond donors (Lipinski definition) is 2. The average Bonchev–Trinajstić information content (AvgIpc) is 2.60. The minimum Gasteiger partial charge on any atom is -0.469 e. The topological polar surface area (TPSA) is 76.7 Å². The van der Waals surface area contributed by atoms with Gasteiger partial charge in [0.1, 0.15) is 0 Å². The first-order chi connectivity index (χ1) is 11.6. The minimum absolute atomic E-state index is 0. The van der Waals surface area contributed by atoms with Crippen molar-refractivity contribution in [2.45, 2.75) is 58.3 Å². The molecule has 0 aliphatic heterocycles. The molecule has 25 heavy (non-hydrogen) atoms. The highest BCUT2D eigenvalue weighted by Crippen LogP contribution is 2.20. The first-order valence-electron chi connectivity index (χ1n) is 8.80. The minimum atomic E-state index is -0.138.